The maximum atomic E-state index is 14.3. The van der Waals surface area contributed by atoms with Crippen molar-refractivity contribution >= 4 is 64.0 Å². The van der Waals surface area contributed by atoms with Crippen molar-refractivity contribution in [2.24, 2.45) is 5.73 Å². The van der Waals surface area contributed by atoms with Gasteiger partial charge in [0.25, 0.3) is 5.91 Å². The fraction of sp³-hybridized carbons (Fsp3) is 0.382. The number of primary amides is 1. The monoisotopic (exact) mass is 772 g/mol. The lowest BCUT2D eigenvalue weighted by Crippen LogP contribution is -2.60. The van der Waals surface area contributed by atoms with E-state index >= 15 is 0 Å². The molecule has 0 radical (unpaired) electrons. The van der Waals surface area contributed by atoms with E-state index < -0.39 is 60.6 Å². The van der Waals surface area contributed by atoms with Gasteiger partial charge in [-0.25, -0.2) is 4.98 Å². The highest BCUT2D eigenvalue weighted by Crippen LogP contribution is 2.59. The Labute approximate surface area is 304 Å². The van der Waals surface area contributed by atoms with Gasteiger partial charge in [-0.3, -0.25) is 23.7 Å². The van der Waals surface area contributed by atoms with Crippen molar-refractivity contribution < 1.29 is 42.3 Å². The van der Waals surface area contributed by atoms with Crippen LogP contribution in [0.3, 0.4) is 0 Å². The second kappa shape index (κ2) is 14.0. The van der Waals surface area contributed by atoms with Gasteiger partial charge in [-0.1, -0.05) is 30.3 Å². The average Bonchev–Trinajstić information content (AvgIpc) is 3.88. The highest BCUT2D eigenvalue weighted by atomic mass is 32.1. The molecule has 13 nitrogen and oxygen atoms in total. The standard InChI is InChI=1S/C34H35F2N6O7PS2/c35-34(36,50(47,48)49)19-5-9-25-18(13-19)15-27(51-25)31(45)40-23-16-38-12-11-20-6-8-24(42(20)33(23)46)30(44)39-22(7-10-28(37)43)32-41-29-21-4-2-1-3-17(21)14-26(29)52-32/h1-5,9,13,15,20,22-24,38H,6-8,10-12,14,16H2,(H2,37,43)(H,39,44)(H,40,45)(H2,47,48,49)/t20-,22?,23+,24+/m1/s1. The highest BCUT2D eigenvalue weighted by Gasteiger charge is 2.50. The van der Waals surface area contributed by atoms with Crippen LogP contribution in [0.2, 0.25) is 0 Å². The van der Waals surface area contributed by atoms with Gasteiger partial charge in [0.05, 0.1) is 16.6 Å². The van der Waals surface area contributed by atoms with Crippen LogP contribution in [0, 0.1) is 0 Å². The Bertz CT molecular complexity index is 2140. The lowest BCUT2D eigenvalue weighted by atomic mass is 10.1. The average molecular weight is 773 g/mol. The molecule has 3 aliphatic rings. The number of halogens is 2. The minimum absolute atomic E-state index is 0.0205. The van der Waals surface area contributed by atoms with E-state index in [1.165, 1.54) is 29.0 Å². The third-order valence-corrected chi connectivity index (χ3v) is 13.0. The minimum Gasteiger partial charge on any atom is -0.370 e. The molecule has 2 aliphatic heterocycles. The number of nitrogens with two attached hydrogens (primary N) is 1. The summed E-state index contributed by atoms with van der Waals surface area (Å²) in [6.45, 7) is 0.612. The molecule has 4 aromatic rings. The molecule has 1 unspecified atom stereocenters. The predicted octanol–water partition coefficient (Wildman–Crippen LogP) is 3.73. The number of fused-ring (bicyclic) bond motifs is 5. The number of nitrogens with zero attached hydrogens (tertiary/aromatic N) is 2. The molecule has 7 rings (SSSR count). The smallest absolute Gasteiger partial charge is 0.370 e. The fourth-order valence-corrected chi connectivity index (χ4v) is 9.74. The first kappa shape index (κ1) is 36.2. The van der Waals surface area contributed by atoms with Crippen LogP contribution >= 0.6 is 30.3 Å². The van der Waals surface area contributed by atoms with Crippen LogP contribution < -0.4 is 21.7 Å². The summed E-state index contributed by atoms with van der Waals surface area (Å²) >= 11 is 2.45. The van der Waals surface area contributed by atoms with Gasteiger partial charge in [0, 0.05) is 46.1 Å². The molecule has 274 valence electrons. The van der Waals surface area contributed by atoms with E-state index in [2.05, 4.69) is 22.0 Å². The van der Waals surface area contributed by atoms with Crippen molar-refractivity contribution in [2.75, 3.05) is 13.1 Å². The van der Waals surface area contributed by atoms with Crippen molar-refractivity contribution in [1.82, 2.24) is 25.8 Å². The Morgan fingerprint density at radius 3 is 2.67 bits per heavy atom. The summed E-state index contributed by atoms with van der Waals surface area (Å²) in [4.78, 5) is 79.2. The number of thiophene rings is 1. The van der Waals surface area contributed by atoms with Gasteiger partial charge in [-0.2, -0.15) is 8.78 Å². The normalized spacial score (nSPS) is 20.8. The summed E-state index contributed by atoms with van der Waals surface area (Å²) in [5.74, 6) is -2.01. The molecule has 0 spiro atoms. The SMILES string of the molecule is NC(=O)CCC(NC(=O)[C@@H]1CC[C@@H]2CCNC[C@H](NC(=O)c3cc4cc(C(F)(F)P(=O)(O)O)ccc4s3)C(=O)N21)c1nc2c(s1)Cc1ccccc1-2. The van der Waals surface area contributed by atoms with E-state index in [0.29, 0.717) is 35.5 Å². The number of thiazole rings is 1. The molecule has 52 heavy (non-hydrogen) atoms. The molecule has 2 fully saturated rings. The number of benzene rings is 2. The number of nitrogens with one attached hydrogen (secondary N) is 3. The third kappa shape index (κ3) is 6.88. The van der Waals surface area contributed by atoms with Crippen LogP contribution in [0.1, 0.15) is 68.8 Å². The van der Waals surface area contributed by atoms with Gasteiger partial charge in [-0.05, 0) is 61.4 Å². The number of carbonyl (C=O) groups excluding carboxylic acids is 4. The molecule has 7 N–H and O–H groups in total. The predicted molar refractivity (Wildman–Crippen MR) is 190 cm³/mol. The summed E-state index contributed by atoms with van der Waals surface area (Å²) in [5, 5.41) is 9.81. The molecular weight excluding hydrogens is 738 g/mol. The maximum absolute atomic E-state index is 14.3. The number of rotatable bonds is 10. The Morgan fingerprint density at radius 1 is 1.12 bits per heavy atom. The third-order valence-electron chi connectivity index (χ3n) is 9.75. The minimum atomic E-state index is -5.79. The number of hydrogen-bond acceptors (Lipinski definition) is 9. The summed E-state index contributed by atoms with van der Waals surface area (Å²) in [7, 11) is -5.79. The first-order valence-electron chi connectivity index (χ1n) is 16.7. The number of aromatic nitrogens is 1. The Morgan fingerprint density at radius 2 is 1.90 bits per heavy atom. The Kier molecular flexibility index (Phi) is 9.78. The maximum Gasteiger partial charge on any atom is 0.399 e. The summed E-state index contributed by atoms with van der Waals surface area (Å²) < 4.78 is 40.5. The van der Waals surface area contributed by atoms with E-state index in [1.54, 1.807) is 4.90 Å². The van der Waals surface area contributed by atoms with Gasteiger partial charge in [0.15, 0.2) is 0 Å². The molecular formula is C34H35F2N6O7PS2. The Balaban J connectivity index is 1.08. The lowest BCUT2D eigenvalue weighted by molar-refractivity contribution is -0.142. The molecule has 4 amide bonds. The molecule has 2 aromatic heterocycles. The zero-order valence-corrected chi connectivity index (χ0v) is 30.0. The van der Waals surface area contributed by atoms with Gasteiger partial charge in [0.2, 0.25) is 17.7 Å². The number of hydrogen-bond donors (Lipinski definition) is 6. The zero-order chi connectivity index (χ0) is 36.9. The molecule has 2 aromatic carbocycles. The van der Waals surface area contributed by atoms with Crippen molar-refractivity contribution in [3.63, 3.8) is 0 Å². The van der Waals surface area contributed by atoms with Crippen molar-refractivity contribution in [1.29, 1.82) is 0 Å². The summed E-state index contributed by atoms with van der Waals surface area (Å²) in [6.07, 6.45) is 2.53. The first-order valence-corrected chi connectivity index (χ1v) is 19.9. The number of amides is 4. The fourth-order valence-electron chi connectivity index (χ4n) is 7.13. The second-order valence-electron chi connectivity index (χ2n) is 13.2. The lowest BCUT2D eigenvalue weighted by Gasteiger charge is -2.35. The van der Waals surface area contributed by atoms with Crippen molar-refractivity contribution in [3.8, 4) is 11.3 Å². The van der Waals surface area contributed by atoms with Crippen LogP contribution in [-0.4, -0.2) is 74.5 Å². The van der Waals surface area contributed by atoms with E-state index in [9.17, 15) is 32.5 Å². The molecule has 1 aliphatic carbocycles. The van der Waals surface area contributed by atoms with Crippen LogP contribution in [0.4, 0.5) is 8.78 Å². The first-order chi connectivity index (χ1) is 24.7. The molecule has 0 saturated carbocycles. The van der Waals surface area contributed by atoms with Crippen molar-refractivity contribution in [3.05, 3.63) is 74.4 Å². The van der Waals surface area contributed by atoms with Crippen molar-refractivity contribution in [2.45, 2.75) is 68.4 Å². The molecule has 18 heteroatoms. The van der Waals surface area contributed by atoms with Gasteiger partial charge in [-0.15, -0.1) is 22.7 Å². The molecule has 4 heterocycles. The molecule has 0 bridgehead atoms. The molecule has 2 saturated heterocycles. The highest BCUT2D eigenvalue weighted by molar-refractivity contribution is 7.52. The van der Waals surface area contributed by atoms with E-state index in [0.717, 1.165) is 46.0 Å². The van der Waals surface area contributed by atoms with E-state index in [4.69, 9.17) is 20.5 Å². The zero-order valence-electron chi connectivity index (χ0n) is 27.5. The van der Waals surface area contributed by atoms with E-state index in [1.807, 2.05) is 18.2 Å². The van der Waals surface area contributed by atoms with Crippen LogP contribution in [-0.2, 0) is 31.0 Å². The number of alkyl halides is 2. The number of carbonyl (C=O) groups is 4. The van der Waals surface area contributed by atoms with Crippen LogP contribution in [0.25, 0.3) is 21.3 Å². The summed E-state index contributed by atoms with van der Waals surface area (Å²) in [5.41, 5.74) is 3.26. The van der Waals surface area contributed by atoms with Gasteiger partial charge >= 0.3 is 13.3 Å². The van der Waals surface area contributed by atoms with Gasteiger partial charge in [0.1, 0.15) is 17.1 Å². The van der Waals surface area contributed by atoms with Crippen LogP contribution in [0.5, 0.6) is 0 Å². The van der Waals surface area contributed by atoms with Crippen LogP contribution in [0.15, 0.2) is 48.5 Å². The quantitative estimate of drug-likeness (QED) is 0.114. The van der Waals surface area contributed by atoms with E-state index in [-0.39, 0.29) is 35.7 Å². The second-order valence-corrected chi connectivity index (χ2v) is 17.0. The Hall–Kier alpha value is -4.12. The molecule has 4 atom stereocenters. The largest absolute Gasteiger partial charge is 0.399 e. The van der Waals surface area contributed by atoms with Gasteiger partial charge < -0.3 is 36.4 Å². The topological polar surface area (TPSA) is 204 Å². The summed E-state index contributed by atoms with van der Waals surface area (Å²) in [6, 6.07) is 9.62.